The molecule has 11 nitrogen and oxygen atoms in total. The number of carbonyl (C=O) groups is 3. The molecular formula is C48H67N5O6. The van der Waals surface area contributed by atoms with Gasteiger partial charge < -0.3 is 19.2 Å². The minimum absolute atomic E-state index is 0.0116. The number of likely N-dealkylation sites (N-methyl/N-ethyl adjacent to an activating group) is 1. The number of hydrogen-bond donors (Lipinski definition) is 1. The van der Waals surface area contributed by atoms with Gasteiger partial charge in [-0.3, -0.25) is 19.3 Å². The lowest BCUT2D eigenvalue weighted by Crippen LogP contribution is -2.66. The van der Waals surface area contributed by atoms with Gasteiger partial charge in [0.15, 0.2) is 5.78 Å². The highest BCUT2D eigenvalue weighted by molar-refractivity contribution is 6.01. The van der Waals surface area contributed by atoms with E-state index in [0.717, 1.165) is 69.2 Å². The van der Waals surface area contributed by atoms with Gasteiger partial charge in [0.2, 0.25) is 5.89 Å². The molecule has 0 saturated heterocycles. The van der Waals surface area contributed by atoms with E-state index in [2.05, 4.69) is 59.4 Å². The number of aliphatic carboxylic acids is 1. The number of rotatable bonds is 11. The Labute approximate surface area is 351 Å². The van der Waals surface area contributed by atoms with E-state index < -0.39 is 22.8 Å². The van der Waals surface area contributed by atoms with Crippen LogP contribution in [-0.2, 0) is 24.5 Å². The van der Waals surface area contributed by atoms with Gasteiger partial charge in [0.1, 0.15) is 6.10 Å². The Kier molecular flexibility index (Phi) is 10.8. The standard InChI is InChI=1S/C48H67N5O6/c1-29(2)38-33(54)26-48(40-50-51-42(59-40)53(25-24-52(10)11)31-14-12-30(28-49)13-15-31)23-22-46(8)32(39(38)48)16-17-35-45(7)20-19-36(58-37(55)27-43(3,4)41(56)57)44(5,6)34(45)18-21-47(35,46)9/h12-15,29,32,34-36H,16-27H2,1-11H3,(H,56,57)/t32?,34-,35+,36-,45-,46+,47+,48?/m0/s1. The molecule has 11 heteroatoms. The van der Waals surface area contributed by atoms with Gasteiger partial charge in [-0.25, -0.2) is 0 Å². The van der Waals surface area contributed by atoms with Crippen LogP contribution in [0.5, 0.6) is 0 Å². The molecule has 5 aliphatic rings. The number of aromatic nitrogens is 2. The molecule has 0 aliphatic heterocycles. The van der Waals surface area contributed by atoms with Crippen molar-refractivity contribution in [3.05, 3.63) is 46.9 Å². The van der Waals surface area contributed by atoms with E-state index in [4.69, 9.17) is 19.4 Å². The number of allylic oxidation sites excluding steroid dienone is 2. The first-order valence-corrected chi connectivity index (χ1v) is 22.0. The first kappa shape index (κ1) is 43.1. The summed E-state index contributed by atoms with van der Waals surface area (Å²) in [4.78, 5) is 43.5. The minimum Gasteiger partial charge on any atom is -0.481 e. The van der Waals surface area contributed by atoms with Crippen molar-refractivity contribution in [2.75, 3.05) is 32.1 Å². The average molecular weight is 810 g/mol. The summed E-state index contributed by atoms with van der Waals surface area (Å²) in [6, 6.07) is 10.1. The second kappa shape index (κ2) is 14.8. The highest BCUT2D eigenvalue weighted by atomic mass is 16.5. The van der Waals surface area contributed by atoms with Crippen LogP contribution >= 0.6 is 0 Å². The number of nitrogens with zero attached hydrogens (tertiary/aromatic N) is 5. The molecule has 8 atom stereocenters. The lowest BCUT2D eigenvalue weighted by Gasteiger charge is -2.72. The van der Waals surface area contributed by atoms with E-state index in [1.54, 1.807) is 26.0 Å². The summed E-state index contributed by atoms with van der Waals surface area (Å²) in [5.41, 5.74) is 1.56. The van der Waals surface area contributed by atoms with Crippen LogP contribution in [0.2, 0.25) is 0 Å². The molecular weight excluding hydrogens is 743 g/mol. The van der Waals surface area contributed by atoms with Crippen LogP contribution in [0, 0.1) is 62.1 Å². The maximum absolute atomic E-state index is 14.4. The Hall–Kier alpha value is -4.04. The number of anilines is 2. The number of nitriles is 1. The Morgan fingerprint density at radius 1 is 0.949 bits per heavy atom. The fourth-order valence-electron chi connectivity index (χ4n) is 13.6. The van der Waals surface area contributed by atoms with Crippen molar-refractivity contribution in [2.24, 2.45) is 50.7 Å². The Morgan fingerprint density at radius 3 is 2.27 bits per heavy atom. The molecule has 320 valence electrons. The fourth-order valence-corrected chi connectivity index (χ4v) is 13.6. The predicted octanol–water partition coefficient (Wildman–Crippen LogP) is 9.29. The van der Waals surface area contributed by atoms with Crippen molar-refractivity contribution >= 4 is 29.4 Å². The van der Waals surface area contributed by atoms with E-state index in [1.807, 2.05) is 31.1 Å². The van der Waals surface area contributed by atoms with Crippen molar-refractivity contribution in [1.29, 1.82) is 5.26 Å². The van der Waals surface area contributed by atoms with Gasteiger partial charge in [-0.05, 0) is 155 Å². The quantitative estimate of drug-likeness (QED) is 0.216. The maximum atomic E-state index is 14.4. The summed E-state index contributed by atoms with van der Waals surface area (Å²) in [5.74, 6) is 0.390. The third-order valence-electron chi connectivity index (χ3n) is 16.9. The summed E-state index contributed by atoms with van der Waals surface area (Å²) < 4.78 is 13.0. The summed E-state index contributed by atoms with van der Waals surface area (Å²) >= 11 is 0. The summed E-state index contributed by atoms with van der Waals surface area (Å²) in [6.07, 6.45) is 7.53. The number of carboxylic acids is 1. The molecule has 0 amide bonds. The second-order valence-corrected chi connectivity index (χ2v) is 21.5. The number of ketones is 1. The molecule has 4 fully saturated rings. The SMILES string of the molecule is CC(C)C1=C2C3CC[C@@H]4[C@@]5(C)CC[C@H](OC(=O)CC(C)(C)C(=O)O)C(C)(C)[C@@H]5CC[C@@]4(C)[C@]3(C)CCC2(c2nnc(N(CCN(C)C)c3ccc(C#N)cc3)o2)CC1=O. The van der Waals surface area contributed by atoms with Crippen LogP contribution < -0.4 is 4.90 Å². The van der Waals surface area contributed by atoms with Crippen LogP contribution in [0.25, 0.3) is 0 Å². The average Bonchev–Trinajstić information content (AvgIpc) is 3.76. The van der Waals surface area contributed by atoms with Crippen LogP contribution in [0.3, 0.4) is 0 Å². The zero-order chi connectivity index (χ0) is 43.1. The van der Waals surface area contributed by atoms with E-state index in [1.165, 1.54) is 5.57 Å². The zero-order valence-corrected chi connectivity index (χ0v) is 37.4. The topological polar surface area (TPSA) is 150 Å². The molecule has 2 aromatic rings. The maximum Gasteiger partial charge on any atom is 0.322 e. The number of carboxylic acid groups (broad SMARTS) is 1. The molecule has 2 unspecified atom stereocenters. The zero-order valence-electron chi connectivity index (χ0n) is 37.4. The molecule has 1 aromatic carbocycles. The van der Waals surface area contributed by atoms with Gasteiger partial charge in [-0.2, -0.15) is 5.26 Å². The van der Waals surface area contributed by atoms with E-state index >= 15 is 0 Å². The first-order chi connectivity index (χ1) is 27.6. The number of fused-ring (bicyclic) bond motifs is 7. The van der Waals surface area contributed by atoms with Crippen LogP contribution in [-0.4, -0.2) is 71.2 Å². The number of benzene rings is 1. The first-order valence-electron chi connectivity index (χ1n) is 22.0. The van der Waals surface area contributed by atoms with Crippen molar-refractivity contribution < 1.29 is 28.6 Å². The molecule has 0 bridgehead atoms. The van der Waals surface area contributed by atoms with Crippen molar-refractivity contribution in [3.8, 4) is 6.07 Å². The molecule has 1 N–H and O–H groups in total. The minimum atomic E-state index is -1.18. The number of ether oxygens (including phenoxy) is 1. The van der Waals surface area contributed by atoms with Gasteiger partial charge >= 0.3 is 18.0 Å². The van der Waals surface area contributed by atoms with Crippen molar-refractivity contribution in [1.82, 2.24) is 15.1 Å². The number of esters is 1. The largest absolute Gasteiger partial charge is 0.481 e. The normalized spacial score (nSPS) is 33.8. The third-order valence-corrected chi connectivity index (χ3v) is 16.9. The lowest BCUT2D eigenvalue weighted by molar-refractivity contribution is -0.232. The Bertz CT molecular complexity index is 2060. The highest BCUT2D eigenvalue weighted by Gasteiger charge is 2.71. The lowest BCUT2D eigenvalue weighted by atomic mass is 9.33. The third kappa shape index (κ3) is 6.75. The fraction of sp³-hybridized carbons (Fsp3) is 0.708. The number of hydrogen-bond acceptors (Lipinski definition) is 10. The van der Waals surface area contributed by atoms with Gasteiger partial charge in [0.05, 0.1) is 28.9 Å². The Morgan fingerprint density at radius 2 is 1.64 bits per heavy atom. The van der Waals surface area contributed by atoms with E-state index in [-0.39, 0.29) is 51.8 Å². The van der Waals surface area contributed by atoms with Crippen LogP contribution in [0.15, 0.2) is 39.8 Å². The van der Waals surface area contributed by atoms with Gasteiger partial charge in [-0.15, -0.1) is 5.10 Å². The molecule has 59 heavy (non-hydrogen) atoms. The van der Waals surface area contributed by atoms with Crippen LogP contribution in [0.4, 0.5) is 11.7 Å². The van der Waals surface area contributed by atoms with Crippen molar-refractivity contribution in [2.45, 2.75) is 138 Å². The molecule has 4 saturated carbocycles. The summed E-state index contributed by atoms with van der Waals surface area (Å²) in [7, 11) is 4.06. The van der Waals surface area contributed by atoms with Gasteiger partial charge in [0, 0.05) is 30.6 Å². The van der Waals surface area contributed by atoms with Crippen molar-refractivity contribution in [3.63, 3.8) is 0 Å². The molecule has 5 aliphatic carbocycles. The Balaban J connectivity index is 1.21. The molecule has 0 spiro atoms. The van der Waals surface area contributed by atoms with Gasteiger partial charge in [0.25, 0.3) is 0 Å². The molecule has 7 rings (SSSR count). The molecule has 1 heterocycles. The second-order valence-electron chi connectivity index (χ2n) is 21.5. The van der Waals surface area contributed by atoms with Gasteiger partial charge in [-0.1, -0.05) is 53.6 Å². The van der Waals surface area contributed by atoms with E-state index in [9.17, 15) is 24.8 Å². The molecule has 1 aromatic heterocycles. The van der Waals surface area contributed by atoms with Crippen LogP contribution in [0.1, 0.15) is 138 Å². The predicted molar refractivity (Wildman–Crippen MR) is 226 cm³/mol. The summed E-state index contributed by atoms with van der Waals surface area (Å²) in [6.45, 7) is 21.0. The highest BCUT2D eigenvalue weighted by Crippen LogP contribution is 2.77. The number of carbonyl (C=O) groups excluding carboxylic acids is 2. The molecule has 0 radical (unpaired) electrons. The monoisotopic (exact) mass is 810 g/mol. The summed E-state index contributed by atoms with van der Waals surface area (Å²) in [5, 5.41) is 28.6. The number of Topliss-reactive ketones (excluding diaryl/α,β-unsaturated/α-hetero) is 1. The van der Waals surface area contributed by atoms with E-state index in [0.29, 0.717) is 42.3 Å². The smallest absolute Gasteiger partial charge is 0.322 e.